The smallest absolute Gasteiger partial charge is 0.255 e. The van der Waals surface area contributed by atoms with Crippen molar-refractivity contribution >= 4 is 28.9 Å². The van der Waals surface area contributed by atoms with E-state index in [1.54, 1.807) is 39.5 Å². The summed E-state index contributed by atoms with van der Waals surface area (Å²) in [7, 11) is 4.69. The van der Waals surface area contributed by atoms with E-state index < -0.39 is 6.04 Å². The quantitative estimate of drug-likeness (QED) is 0.628. The molecule has 3 rings (SSSR count). The Bertz CT molecular complexity index is 974. The lowest BCUT2D eigenvalue weighted by Crippen LogP contribution is -2.45. The molecule has 0 spiro atoms. The van der Waals surface area contributed by atoms with Crippen LogP contribution in [0.25, 0.3) is 0 Å². The molecule has 7 nitrogen and oxygen atoms in total. The van der Waals surface area contributed by atoms with E-state index in [4.69, 9.17) is 26.4 Å². The van der Waals surface area contributed by atoms with Crippen LogP contribution in [0.4, 0.5) is 5.69 Å². The van der Waals surface area contributed by atoms with Crippen LogP contribution in [-0.2, 0) is 4.79 Å². The maximum absolute atomic E-state index is 13.3. The van der Waals surface area contributed by atoms with Gasteiger partial charge >= 0.3 is 0 Å². The topological polar surface area (TPSA) is 80.9 Å². The molecule has 8 heteroatoms. The number of carbonyl (C=O) groups is 1. The highest BCUT2D eigenvalue weighted by atomic mass is 32.1. The fourth-order valence-electron chi connectivity index (χ4n) is 3.30. The van der Waals surface area contributed by atoms with Crippen molar-refractivity contribution in [2.75, 3.05) is 26.6 Å². The number of carbonyl (C=O) groups excluding carboxylic acids is 1. The summed E-state index contributed by atoms with van der Waals surface area (Å²) in [4.78, 5) is 13.3. The number of nitrogens with one attached hydrogen (secondary N) is 3. The SMILES string of the molecule is COc1ccccc1NC(=O)C1=C(C)NC(=S)N[C@H]1c1cccc(OC)c1OC. The van der Waals surface area contributed by atoms with Gasteiger partial charge in [-0.2, -0.15) is 0 Å². The molecule has 0 bridgehead atoms. The molecule has 0 aliphatic carbocycles. The minimum atomic E-state index is -0.525. The highest BCUT2D eigenvalue weighted by Crippen LogP contribution is 2.39. The average molecular weight is 413 g/mol. The van der Waals surface area contributed by atoms with Gasteiger partial charge in [-0.25, -0.2) is 0 Å². The Morgan fingerprint density at radius 3 is 2.38 bits per heavy atom. The molecule has 3 N–H and O–H groups in total. The lowest BCUT2D eigenvalue weighted by atomic mass is 9.93. The monoisotopic (exact) mass is 413 g/mol. The highest BCUT2D eigenvalue weighted by molar-refractivity contribution is 7.80. The number of hydrogen-bond donors (Lipinski definition) is 3. The van der Waals surface area contributed by atoms with Crippen LogP contribution in [0, 0.1) is 0 Å². The van der Waals surface area contributed by atoms with Gasteiger partial charge in [0.2, 0.25) is 0 Å². The van der Waals surface area contributed by atoms with Gasteiger partial charge in [0, 0.05) is 11.3 Å². The van der Waals surface area contributed by atoms with E-state index in [0.717, 1.165) is 5.56 Å². The number of thiocarbonyl (C=S) groups is 1. The minimum absolute atomic E-state index is 0.288. The van der Waals surface area contributed by atoms with E-state index in [1.165, 1.54) is 0 Å². The van der Waals surface area contributed by atoms with E-state index in [9.17, 15) is 4.79 Å². The van der Waals surface area contributed by atoms with E-state index in [0.29, 0.717) is 39.3 Å². The Kier molecular flexibility index (Phi) is 6.23. The lowest BCUT2D eigenvalue weighted by Gasteiger charge is -2.31. The van der Waals surface area contributed by atoms with Gasteiger partial charge in [0.15, 0.2) is 16.6 Å². The van der Waals surface area contributed by atoms with Crippen LogP contribution in [0.1, 0.15) is 18.5 Å². The third-order valence-corrected chi connectivity index (χ3v) is 4.83. The van der Waals surface area contributed by atoms with Crippen molar-refractivity contribution in [1.82, 2.24) is 10.6 Å². The Hall–Kier alpha value is -3.26. The number of ether oxygens (including phenoxy) is 3. The van der Waals surface area contributed by atoms with Gasteiger partial charge in [0.05, 0.1) is 38.6 Å². The van der Waals surface area contributed by atoms with Gasteiger partial charge in [0.25, 0.3) is 5.91 Å². The maximum Gasteiger partial charge on any atom is 0.255 e. The second-order valence-corrected chi connectivity index (χ2v) is 6.72. The molecule has 1 aliphatic heterocycles. The van der Waals surface area contributed by atoms with Crippen LogP contribution in [0.5, 0.6) is 17.2 Å². The van der Waals surface area contributed by atoms with Gasteiger partial charge in [-0.3, -0.25) is 4.79 Å². The number of anilines is 1. The zero-order valence-electron chi connectivity index (χ0n) is 16.7. The summed E-state index contributed by atoms with van der Waals surface area (Å²) >= 11 is 5.33. The second-order valence-electron chi connectivity index (χ2n) is 6.31. The first kappa shape index (κ1) is 20.5. The summed E-state index contributed by atoms with van der Waals surface area (Å²) in [6.07, 6.45) is 0. The first-order chi connectivity index (χ1) is 14.0. The molecule has 1 amide bonds. The second kappa shape index (κ2) is 8.83. The van der Waals surface area contributed by atoms with E-state index in [2.05, 4.69) is 16.0 Å². The summed E-state index contributed by atoms with van der Waals surface area (Å²) in [5.41, 5.74) is 2.44. The molecule has 0 saturated carbocycles. The summed E-state index contributed by atoms with van der Waals surface area (Å²) in [5, 5.41) is 9.54. The van der Waals surface area contributed by atoms with Gasteiger partial charge in [-0.1, -0.05) is 24.3 Å². The van der Waals surface area contributed by atoms with Gasteiger partial charge in [0.1, 0.15) is 5.75 Å². The number of para-hydroxylation sites is 3. The fourth-order valence-corrected chi connectivity index (χ4v) is 3.58. The Labute approximate surface area is 175 Å². The fraction of sp³-hybridized carbons (Fsp3) is 0.238. The molecule has 1 heterocycles. The first-order valence-electron chi connectivity index (χ1n) is 8.93. The number of allylic oxidation sites excluding steroid dienone is 1. The molecule has 152 valence electrons. The predicted octanol–water partition coefficient (Wildman–Crippen LogP) is 3.14. The van der Waals surface area contributed by atoms with Crippen molar-refractivity contribution in [1.29, 1.82) is 0 Å². The molecule has 29 heavy (non-hydrogen) atoms. The molecule has 0 fully saturated rings. The number of rotatable bonds is 6. The summed E-state index contributed by atoms with van der Waals surface area (Å²) in [5.74, 6) is 1.39. The van der Waals surface area contributed by atoms with Crippen molar-refractivity contribution < 1.29 is 19.0 Å². The zero-order valence-corrected chi connectivity index (χ0v) is 17.5. The molecule has 1 aliphatic rings. The Balaban J connectivity index is 2.04. The summed E-state index contributed by atoms with van der Waals surface area (Å²) < 4.78 is 16.3. The summed E-state index contributed by atoms with van der Waals surface area (Å²) in [6.45, 7) is 1.81. The Morgan fingerprint density at radius 1 is 1.00 bits per heavy atom. The van der Waals surface area contributed by atoms with Crippen molar-refractivity contribution in [2.45, 2.75) is 13.0 Å². The molecule has 0 unspecified atom stereocenters. The Morgan fingerprint density at radius 2 is 1.69 bits per heavy atom. The van der Waals surface area contributed by atoms with Crippen molar-refractivity contribution in [3.05, 3.63) is 59.3 Å². The molecule has 2 aromatic carbocycles. The largest absolute Gasteiger partial charge is 0.495 e. The van der Waals surface area contributed by atoms with Crippen molar-refractivity contribution in [3.63, 3.8) is 0 Å². The van der Waals surface area contributed by atoms with Gasteiger partial charge < -0.3 is 30.2 Å². The normalized spacial score (nSPS) is 15.9. The van der Waals surface area contributed by atoms with E-state index in [1.807, 2.05) is 31.2 Å². The summed E-state index contributed by atoms with van der Waals surface area (Å²) in [6, 6.07) is 12.2. The molecule has 0 saturated heterocycles. The molecular formula is C21H23N3O4S. The van der Waals surface area contributed by atoms with Crippen LogP contribution in [0.15, 0.2) is 53.7 Å². The van der Waals surface area contributed by atoms with Crippen LogP contribution >= 0.6 is 12.2 Å². The molecular weight excluding hydrogens is 390 g/mol. The van der Waals surface area contributed by atoms with E-state index in [-0.39, 0.29) is 5.91 Å². The maximum atomic E-state index is 13.3. The average Bonchev–Trinajstić information content (AvgIpc) is 2.72. The van der Waals surface area contributed by atoms with Crippen LogP contribution in [-0.4, -0.2) is 32.3 Å². The van der Waals surface area contributed by atoms with Gasteiger partial charge in [-0.05, 0) is 37.3 Å². The molecule has 2 aromatic rings. The number of methoxy groups -OCH3 is 3. The minimum Gasteiger partial charge on any atom is -0.495 e. The number of amides is 1. The zero-order chi connectivity index (χ0) is 21.0. The number of benzene rings is 2. The lowest BCUT2D eigenvalue weighted by molar-refractivity contribution is -0.113. The number of hydrogen-bond acceptors (Lipinski definition) is 5. The first-order valence-corrected chi connectivity index (χ1v) is 9.34. The third-order valence-electron chi connectivity index (χ3n) is 4.61. The van der Waals surface area contributed by atoms with Crippen LogP contribution < -0.4 is 30.2 Å². The predicted molar refractivity (Wildman–Crippen MR) is 115 cm³/mol. The molecule has 1 atom stereocenters. The standard InChI is InChI=1S/C21H23N3O4S/c1-12-17(20(25)23-14-9-5-6-10-15(14)26-2)18(24-21(29)22-12)13-8-7-11-16(27-3)19(13)28-4/h5-11,18H,1-4H3,(H,23,25)(H2,22,24,29)/t18-/m0/s1. The molecule has 0 radical (unpaired) electrons. The molecule has 0 aromatic heterocycles. The van der Waals surface area contributed by atoms with Crippen molar-refractivity contribution in [3.8, 4) is 17.2 Å². The van der Waals surface area contributed by atoms with Crippen LogP contribution in [0.3, 0.4) is 0 Å². The van der Waals surface area contributed by atoms with Gasteiger partial charge in [-0.15, -0.1) is 0 Å². The highest BCUT2D eigenvalue weighted by Gasteiger charge is 2.33. The third kappa shape index (κ3) is 4.12. The van der Waals surface area contributed by atoms with Crippen molar-refractivity contribution in [2.24, 2.45) is 0 Å². The van der Waals surface area contributed by atoms with E-state index >= 15 is 0 Å². The van der Waals surface area contributed by atoms with Crippen LogP contribution in [0.2, 0.25) is 0 Å².